The maximum absolute atomic E-state index is 12.3. The van der Waals surface area contributed by atoms with Gasteiger partial charge in [0.2, 0.25) is 5.91 Å². The highest BCUT2D eigenvalue weighted by atomic mass is 32.1. The molecular weight excluding hydrogens is 294 g/mol. The number of rotatable bonds is 5. The van der Waals surface area contributed by atoms with E-state index in [4.69, 9.17) is 5.11 Å². The zero-order valence-electron chi connectivity index (χ0n) is 12.8. The van der Waals surface area contributed by atoms with Crippen LogP contribution in [0.25, 0.3) is 10.1 Å². The van der Waals surface area contributed by atoms with Crippen LogP contribution >= 0.6 is 11.3 Å². The van der Waals surface area contributed by atoms with Gasteiger partial charge in [0.15, 0.2) is 0 Å². The lowest BCUT2D eigenvalue weighted by Gasteiger charge is -2.31. The topological polar surface area (TPSA) is 40.5 Å². The Labute approximate surface area is 135 Å². The molecule has 3 rings (SSSR count). The van der Waals surface area contributed by atoms with Gasteiger partial charge in [-0.25, -0.2) is 0 Å². The highest BCUT2D eigenvalue weighted by molar-refractivity contribution is 7.17. The molecule has 2 aromatic rings. The van der Waals surface area contributed by atoms with Crippen LogP contribution in [0, 0.1) is 5.92 Å². The summed E-state index contributed by atoms with van der Waals surface area (Å²) in [5.74, 6) is 0.664. The van der Waals surface area contributed by atoms with E-state index in [2.05, 4.69) is 29.6 Å². The van der Waals surface area contributed by atoms with Crippen molar-refractivity contribution in [2.45, 2.75) is 32.1 Å². The second-order valence-corrected chi connectivity index (χ2v) is 7.03. The Kier molecular flexibility index (Phi) is 5.11. The van der Waals surface area contributed by atoms with Crippen LogP contribution in [-0.2, 0) is 11.2 Å². The van der Waals surface area contributed by atoms with Crippen LogP contribution in [-0.4, -0.2) is 35.6 Å². The largest absolute Gasteiger partial charge is 0.396 e. The number of aliphatic hydroxyl groups is 1. The maximum atomic E-state index is 12.3. The first-order valence-electron chi connectivity index (χ1n) is 8.11. The minimum Gasteiger partial charge on any atom is -0.396 e. The zero-order valence-corrected chi connectivity index (χ0v) is 13.6. The van der Waals surface area contributed by atoms with E-state index in [1.54, 1.807) is 11.3 Å². The van der Waals surface area contributed by atoms with Crippen molar-refractivity contribution >= 4 is 27.3 Å². The number of carbonyl (C=O) groups excluding carboxylic acids is 1. The smallest absolute Gasteiger partial charge is 0.222 e. The molecule has 0 bridgehead atoms. The lowest BCUT2D eigenvalue weighted by molar-refractivity contribution is -0.132. The molecule has 0 saturated carbocycles. The van der Waals surface area contributed by atoms with Crippen molar-refractivity contribution in [1.29, 1.82) is 0 Å². The number of likely N-dealkylation sites (tertiary alicyclic amines) is 1. The number of benzene rings is 1. The van der Waals surface area contributed by atoms with E-state index in [-0.39, 0.29) is 12.5 Å². The average Bonchev–Trinajstić information content (AvgIpc) is 2.98. The summed E-state index contributed by atoms with van der Waals surface area (Å²) in [6.45, 7) is 1.88. The first-order chi connectivity index (χ1) is 10.8. The number of amides is 1. The van der Waals surface area contributed by atoms with Crippen molar-refractivity contribution < 1.29 is 9.90 Å². The minimum atomic E-state index is 0.257. The van der Waals surface area contributed by atoms with Gasteiger partial charge in [0.25, 0.3) is 0 Å². The van der Waals surface area contributed by atoms with Gasteiger partial charge in [0, 0.05) is 30.8 Å². The van der Waals surface area contributed by atoms with Crippen molar-refractivity contribution in [1.82, 2.24) is 4.90 Å². The van der Waals surface area contributed by atoms with Gasteiger partial charge >= 0.3 is 0 Å². The van der Waals surface area contributed by atoms with E-state index in [0.29, 0.717) is 12.3 Å². The van der Waals surface area contributed by atoms with Crippen LogP contribution < -0.4 is 0 Å². The van der Waals surface area contributed by atoms with Crippen molar-refractivity contribution in [2.75, 3.05) is 19.7 Å². The van der Waals surface area contributed by atoms with Crippen LogP contribution in [0.3, 0.4) is 0 Å². The van der Waals surface area contributed by atoms with Crippen molar-refractivity contribution in [3.8, 4) is 0 Å². The van der Waals surface area contributed by atoms with Crippen LogP contribution in [0.5, 0.6) is 0 Å². The van der Waals surface area contributed by atoms with Gasteiger partial charge in [-0.15, -0.1) is 11.3 Å². The molecule has 22 heavy (non-hydrogen) atoms. The van der Waals surface area contributed by atoms with E-state index in [1.807, 2.05) is 4.90 Å². The standard InChI is InChI=1S/C18H23NO2S/c20-12-14-8-10-19(11-9-14)18(21)7-3-4-15-13-22-17-6-2-1-5-16(15)17/h1-2,5-6,13-14,20H,3-4,7-12H2. The lowest BCUT2D eigenvalue weighted by atomic mass is 9.97. The summed E-state index contributed by atoms with van der Waals surface area (Å²) >= 11 is 1.78. The molecule has 1 fully saturated rings. The minimum absolute atomic E-state index is 0.257. The van der Waals surface area contributed by atoms with Crippen LogP contribution in [0.4, 0.5) is 0 Å². The Morgan fingerprint density at radius 3 is 2.82 bits per heavy atom. The quantitative estimate of drug-likeness (QED) is 0.917. The lowest BCUT2D eigenvalue weighted by Crippen LogP contribution is -2.39. The van der Waals surface area contributed by atoms with Gasteiger partial charge in [-0.05, 0) is 54.0 Å². The summed E-state index contributed by atoms with van der Waals surface area (Å²) < 4.78 is 1.33. The van der Waals surface area contributed by atoms with Crippen LogP contribution in [0.1, 0.15) is 31.2 Å². The number of piperidine rings is 1. The molecule has 2 heterocycles. The molecule has 4 heteroatoms. The highest BCUT2D eigenvalue weighted by Crippen LogP contribution is 2.27. The molecule has 1 aromatic carbocycles. The van der Waals surface area contributed by atoms with E-state index in [0.717, 1.165) is 38.8 Å². The third-order valence-electron chi connectivity index (χ3n) is 4.62. The van der Waals surface area contributed by atoms with Crippen LogP contribution in [0.2, 0.25) is 0 Å². The molecule has 0 unspecified atom stereocenters. The molecule has 0 spiro atoms. The Morgan fingerprint density at radius 1 is 1.27 bits per heavy atom. The Morgan fingerprint density at radius 2 is 2.05 bits per heavy atom. The number of thiophene rings is 1. The van der Waals surface area contributed by atoms with E-state index in [1.165, 1.54) is 15.6 Å². The molecule has 1 aliphatic heterocycles. The van der Waals surface area contributed by atoms with Gasteiger partial charge in [0.1, 0.15) is 0 Å². The van der Waals surface area contributed by atoms with Gasteiger partial charge < -0.3 is 10.0 Å². The van der Waals surface area contributed by atoms with Crippen molar-refractivity contribution in [2.24, 2.45) is 5.92 Å². The number of aryl methyl sites for hydroxylation is 1. The number of fused-ring (bicyclic) bond motifs is 1. The first kappa shape index (κ1) is 15.5. The second-order valence-electron chi connectivity index (χ2n) is 6.12. The summed E-state index contributed by atoms with van der Waals surface area (Å²) in [4.78, 5) is 14.2. The molecule has 1 N–H and O–H groups in total. The van der Waals surface area contributed by atoms with Crippen molar-refractivity contribution in [3.63, 3.8) is 0 Å². The number of hydrogen-bond acceptors (Lipinski definition) is 3. The summed E-state index contributed by atoms with van der Waals surface area (Å²) in [6, 6.07) is 8.47. The molecule has 1 amide bonds. The fraction of sp³-hybridized carbons (Fsp3) is 0.500. The third kappa shape index (κ3) is 3.50. The predicted octanol–water partition coefficient (Wildman–Crippen LogP) is 3.45. The first-order valence-corrected chi connectivity index (χ1v) is 8.99. The average molecular weight is 317 g/mol. The van der Waals surface area contributed by atoms with E-state index in [9.17, 15) is 4.79 Å². The third-order valence-corrected chi connectivity index (χ3v) is 5.64. The highest BCUT2D eigenvalue weighted by Gasteiger charge is 2.21. The predicted molar refractivity (Wildman–Crippen MR) is 91.2 cm³/mol. The molecule has 0 radical (unpaired) electrons. The molecule has 1 aromatic heterocycles. The van der Waals surface area contributed by atoms with Gasteiger partial charge in [-0.2, -0.15) is 0 Å². The van der Waals surface area contributed by atoms with E-state index >= 15 is 0 Å². The summed E-state index contributed by atoms with van der Waals surface area (Å²) in [5.41, 5.74) is 1.37. The second kappa shape index (κ2) is 7.25. The fourth-order valence-electron chi connectivity index (χ4n) is 3.18. The normalized spacial score (nSPS) is 16.3. The molecule has 0 aliphatic carbocycles. The molecule has 0 atom stereocenters. The fourth-order valence-corrected chi connectivity index (χ4v) is 4.18. The molecule has 3 nitrogen and oxygen atoms in total. The monoisotopic (exact) mass is 317 g/mol. The van der Waals surface area contributed by atoms with Gasteiger partial charge in [0.05, 0.1) is 0 Å². The number of hydrogen-bond donors (Lipinski definition) is 1. The van der Waals surface area contributed by atoms with Gasteiger partial charge in [-0.1, -0.05) is 18.2 Å². The summed E-state index contributed by atoms with van der Waals surface area (Å²) in [5, 5.41) is 12.7. The van der Waals surface area contributed by atoms with E-state index < -0.39 is 0 Å². The Balaban J connectivity index is 1.48. The van der Waals surface area contributed by atoms with Crippen LogP contribution in [0.15, 0.2) is 29.6 Å². The molecule has 1 saturated heterocycles. The molecular formula is C18H23NO2S. The number of nitrogens with zero attached hydrogens (tertiary/aromatic N) is 1. The van der Waals surface area contributed by atoms with Crippen molar-refractivity contribution in [3.05, 3.63) is 35.2 Å². The summed E-state index contributed by atoms with van der Waals surface area (Å²) in [6.07, 6.45) is 4.41. The number of aliphatic hydroxyl groups excluding tert-OH is 1. The summed E-state index contributed by atoms with van der Waals surface area (Å²) in [7, 11) is 0. The zero-order chi connectivity index (χ0) is 15.4. The number of carbonyl (C=O) groups is 1. The molecule has 118 valence electrons. The Bertz CT molecular complexity index is 629. The maximum Gasteiger partial charge on any atom is 0.222 e. The SMILES string of the molecule is O=C(CCCc1csc2ccccc12)N1CCC(CO)CC1. The Hall–Kier alpha value is -1.39. The van der Waals surface area contributed by atoms with Gasteiger partial charge in [-0.3, -0.25) is 4.79 Å². The molecule has 1 aliphatic rings.